The molecule has 0 amide bonds. The van der Waals surface area contributed by atoms with Crippen molar-refractivity contribution >= 4 is 18.0 Å². The predicted molar refractivity (Wildman–Crippen MR) is 124 cm³/mol. The number of aromatic carboxylic acids is 2. The van der Waals surface area contributed by atoms with E-state index in [2.05, 4.69) is 0 Å². The molecule has 0 atom stereocenters. The van der Waals surface area contributed by atoms with Crippen LogP contribution in [-0.2, 0) is 6.61 Å². The molecule has 0 unspecified atom stereocenters. The third kappa shape index (κ3) is 6.74. The molecule has 0 aliphatic rings. The Balaban J connectivity index is 0.000000244. The Kier molecular flexibility index (Phi) is 9.05. The molecule has 0 saturated carbocycles. The van der Waals surface area contributed by atoms with Gasteiger partial charge in [0.25, 0.3) is 0 Å². The molecule has 0 heterocycles. The van der Waals surface area contributed by atoms with E-state index in [0.29, 0.717) is 6.61 Å². The lowest BCUT2D eigenvalue weighted by atomic mass is 10.0. The SMILES string of the molecule is CC=Cc1ccc(OCc2ccccc2)c(OC)c1.Cc1c(C(=O)O)cccc1C(=O)O. The molecule has 32 heavy (non-hydrogen) atoms. The topological polar surface area (TPSA) is 93.1 Å². The van der Waals surface area contributed by atoms with Crippen molar-refractivity contribution in [3.63, 3.8) is 0 Å². The van der Waals surface area contributed by atoms with Gasteiger partial charge in [-0.2, -0.15) is 0 Å². The number of carboxylic acids is 2. The van der Waals surface area contributed by atoms with Crippen LogP contribution in [0.3, 0.4) is 0 Å². The molecule has 3 aromatic carbocycles. The Bertz CT molecular complexity index is 1050. The van der Waals surface area contributed by atoms with E-state index in [1.807, 2.05) is 67.6 Å². The van der Waals surface area contributed by atoms with E-state index in [1.165, 1.54) is 25.1 Å². The summed E-state index contributed by atoms with van der Waals surface area (Å²) in [4.78, 5) is 21.2. The highest BCUT2D eigenvalue weighted by Gasteiger charge is 2.13. The second-order valence-corrected chi connectivity index (χ2v) is 6.77. The van der Waals surface area contributed by atoms with Crippen molar-refractivity contribution in [2.75, 3.05) is 7.11 Å². The van der Waals surface area contributed by atoms with Gasteiger partial charge in [-0.1, -0.05) is 54.6 Å². The standard InChI is InChI=1S/C17H18O2.C9H8O4/c1-3-7-14-10-11-16(17(12-14)18-2)19-13-15-8-5-4-6-9-15;1-5-6(8(10)11)3-2-4-7(5)9(12)13/h3-12H,13H2,1-2H3;2-4H,1H3,(H,10,11)(H,12,13). The minimum atomic E-state index is -1.11. The second-order valence-electron chi connectivity index (χ2n) is 6.77. The summed E-state index contributed by atoms with van der Waals surface area (Å²) in [5.74, 6) is -0.702. The summed E-state index contributed by atoms with van der Waals surface area (Å²) in [6.07, 6.45) is 4.03. The minimum Gasteiger partial charge on any atom is -0.493 e. The zero-order chi connectivity index (χ0) is 23.5. The van der Waals surface area contributed by atoms with Gasteiger partial charge in [0.2, 0.25) is 0 Å². The number of carboxylic acid groups (broad SMARTS) is 2. The summed E-state index contributed by atoms with van der Waals surface area (Å²) in [6, 6.07) is 20.2. The van der Waals surface area contributed by atoms with Crippen molar-refractivity contribution in [3.05, 3.63) is 101 Å². The number of benzene rings is 3. The fraction of sp³-hybridized carbons (Fsp3) is 0.154. The van der Waals surface area contributed by atoms with Crippen LogP contribution in [0, 0.1) is 6.92 Å². The van der Waals surface area contributed by atoms with Crippen LogP contribution in [0.2, 0.25) is 0 Å². The summed E-state index contributed by atoms with van der Waals surface area (Å²) in [5, 5.41) is 17.4. The second kappa shape index (κ2) is 12.0. The number of methoxy groups -OCH3 is 1. The van der Waals surface area contributed by atoms with Crippen molar-refractivity contribution in [1.29, 1.82) is 0 Å². The summed E-state index contributed by atoms with van der Waals surface area (Å²) in [6.45, 7) is 4.01. The Hall–Kier alpha value is -4.06. The number of hydrogen-bond donors (Lipinski definition) is 2. The van der Waals surface area contributed by atoms with Crippen molar-refractivity contribution in [1.82, 2.24) is 0 Å². The van der Waals surface area contributed by atoms with Crippen LogP contribution < -0.4 is 9.47 Å². The van der Waals surface area contributed by atoms with Gasteiger partial charge in [-0.15, -0.1) is 0 Å². The van der Waals surface area contributed by atoms with Gasteiger partial charge in [-0.05, 0) is 54.8 Å². The molecule has 0 aliphatic heterocycles. The first-order valence-electron chi connectivity index (χ1n) is 9.91. The van der Waals surface area contributed by atoms with Crippen LogP contribution in [0.15, 0.2) is 72.8 Å². The highest BCUT2D eigenvalue weighted by Crippen LogP contribution is 2.29. The lowest BCUT2D eigenvalue weighted by Crippen LogP contribution is -2.06. The van der Waals surface area contributed by atoms with Crippen molar-refractivity contribution in [2.45, 2.75) is 20.5 Å². The molecule has 0 radical (unpaired) electrons. The van der Waals surface area contributed by atoms with Crippen LogP contribution in [-0.4, -0.2) is 29.3 Å². The predicted octanol–water partition coefficient (Wildman–Crippen LogP) is 5.70. The van der Waals surface area contributed by atoms with Crippen LogP contribution >= 0.6 is 0 Å². The molecule has 0 bridgehead atoms. The number of allylic oxidation sites excluding steroid dienone is 1. The van der Waals surface area contributed by atoms with Gasteiger partial charge in [-0.3, -0.25) is 0 Å². The first-order valence-corrected chi connectivity index (χ1v) is 9.91. The van der Waals surface area contributed by atoms with Crippen molar-refractivity contribution in [2.24, 2.45) is 0 Å². The molecule has 0 saturated heterocycles. The molecule has 0 fully saturated rings. The zero-order valence-corrected chi connectivity index (χ0v) is 18.2. The maximum atomic E-state index is 10.6. The van der Waals surface area contributed by atoms with Gasteiger partial charge in [0.15, 0.2) is 11.5 Å². The fourth-order valence-electron chi connectivity index (χ4n) is 2.93. The Morgan fingerprint density at radius 3 is 2.03 bits per heavy atom. The molecule has 3 rings (SSSR count). The number of hydrogen-bond acceptors (Lipinski definition) is 4. The van der Waals surface area contributed by atoms with Gasteiger partial charge in [0.1, 0.15) is 6.61 Å². The van der Waals surface area contributed by atoms with Crippen molar-refractivity contribution < 1.29 is 29.3 Å². The first-order chi connectivity index (χ1) is 15.4. The zero-order valence-electron chi connectivity index (χ0n) is 18.2. The lowest BCUT2D eigenvalue weighted by Gasteiger charge is -2.11. The van der Waals surface area contributed by atoms with E-state index in [-0.39, 0.29) is 16.7 Å². The van der Waals surface area contributed by atoms with Gasteiger partial charge < -0.3 is 19.7 Å². The van der Waals surface area contributed by atoms with Gasteiger partial charge >= 0.3 is 11.9 Å². The summed E-state index contributed by atoms with van der Waals surface area (Å²) in [5.41, 5.74) is 2.58. The van der Waals surface area contributed by atoms with Gasteiger partial charge in [-0.25, -0.2) is 9.59 Å². The maximum absolute atomic E-state index is 10.6. The summed E-state index contributed by atoms with van der Waals surface area (Å²) < 4.78 is 11.2. The fourth-order valence-corrected chi connectivity index (χ4v) is 2.93. The third-order valence-corrected chi connectivity index (χ3v) is 4.58. The normalized spacial score (nSPS) is 10.2. The van der Waals surface area contributed by atoms with E-state index < -0.39 is 11.9 Å². The van der Waals surface area contributed by atoms with Crippen LogP contribution in [0.4, 0.5) is 0 Å². The molecule has 0 aromatic heterocycles. The first kappa shape index (κ1) is 24.2. The third-order valence-electron chi connectivity index (χ3n) is 4.58. The van der Waals surface area contributed by atoms with E-state index in [1.54, 1.807) is 7.11 Å². The van der Waals surface area contributed by atoms with E-state index in [9.17, 15) is 9.59 Å². The molecule has 6 nitrogen and oxygen atoms in total. The lowest BCUT2D eigenvalue weighted by molar-refractivity contribution is 0.0696. The number of rotatable bonds is 7. The summed E-state index contributed by atoms with van der Waals surface area (Å²) >= 11 is 0. The molecular weight excluding hydrogens is 408 g/mol. The quantitative estimate of drug-likeness (QED) is 0.496. The van der Waals surface area contributed by atoms with Gasteiger partial charge in [0, 0.05) is 0 Å². The Morgan fingerprint density at radius 1 is 0.875 bits per heavy atom. The number of ether oxygens (including phenoxy) is 2. The molecule has 166 valence electrons. The highest BCUT2D eigenvalue weighted by atomic mass is 16.5. The van der Waals surface area contributed by atoms with Crippen molar-refractivity contribution in [3.8, 4) is 11.5 Å². The molecule has 3 aromatic rings. The molecular formula is C26H26O6. The average Bonchev–Trinajstić information content (AvgIpc) is 2.79. The summed E-state index contributed by atoms with van der Waals surface area (Å²) in [7, 11) is 1.66. The van der Waals surface area contributed by atoms with E-state index >= 15 is 0 Å². The minimum absolute atomic E-state index is 0.0277. The monoisotopic (exact) mass is 434 g/mol. The van der Waals surface area contributed by atoms with Crippen LogP contribution in [0.5, 0.6) is 11.5 Å². The molecule has 2 N–H and O–H groups in total. The van der Waals surface area contributed by atoms with Crippen LogP contribution in [0.25, 0.3) is 6.08 Å². The Labute approximate surface area is 187 Å². The molecule has 6 heteroatoms. The number of carbonyl (C=O) groups is 2. The highest BCUT2D eigenvalue weighted by molar-refractivity contribution is 5.96. The molecule has 0 spiro atoms. The van der Waals surface area contributed by atoms with Gasteiger partial charge in [0.05, 0.1) is 18.2 Å². The van der Waals surface area contributed by atoms with Crippen LogP contribution in [0.1, 0.15) is 44.3 Å². The average molecular weight is 434 g/mol. The van der Waals surface area contributed by atoms with E-state index in [4.69, 9.17) is 19.7 Å². The smallest absolute Gasteiger partial charge is 0.335 e. The van der Waals surface area contributed by atoms with E-state index in [0.717, 1.165) is 22.6 Å². The maximum Gasteiger partial charge on any atom is 0.335 e. The largest absolute Gasteiger partial charge is 0.493 e. The Morgan fingerprint density at radius 2 is 1.50 bits per heavy atom. The molecule has 0 aliphatic carbocycles.